The molecule has 0 N–H and O–H groups in total. The Morgan fingerprint density at radius 3 is 2.07 bits per heavy atom. The maximum absolute atomic E-state index is 6.65. The van der Waals surface area contributed by atoms with Gasteiger partial charge in [0, 0.05) is 37.5 Å². The maximum atomic E-state index is 6.65. The van der Waals surface area contributed by atoms with Gasteiger partial charge in [-0.05, 0) is 104 Å². The van der Waals surface area contributed by atoms with Crippen molar-refractivity contribution < 1.29 is 4.74 Å². The zero-order chi connectivity index (χ0) is 38.8. The highest BCUT2D eigenvalue weighted by molar-refractivity contribution is 7.25. The van der Waals surface area contributed by atoms with Crippen LogP contribution in [0.4, 0.5) is 0 Å². The molecule has 0 spiro atoms. The molecular weight excluding hydrogens is 721 g/mol. The van der Waals surface area contributed by atoms with Crippen LogP contribution in [-0.4, -0.2) is 0 Å². The molecule has 0 amide bonds. The van der Waals surface area contributed by atoms with E-state index in [9.17, 15) is 0 Å². The molecule has 2 heterocycles. The summed E-state index contributed by atoms with van der Waals surface area (Å²) in [5.41, 5.74) is 8.58. The second-order valence-corrected chi connectivity index (χ2v) is 16.2. The lowest BCUT2D eigenvalue weighted by molar-refractivity contribution is 0.451. The minimum atomic E-state index is 0.778. The smallest absolute Gasteiger partial charge is 0.138 e. The number of thiophene rings is 1. The zero-order valence-electron chi connectivity index (χ0n) is 32.5. The van der Waals surface area contributed by atoms with Crippen LogP contribution in [0.5, 0.6) is 5.75 Å². The molecule has 8 aromatic rings. The molecule has 1 aromatic heterocycles. The van der Waals surface area contributed by atoms with Crippen molar-refractivity contribution in [3.05, 3.63) is 223 Å². The summed E-state index contributed by atoms with van der Waals surface area (Å²) in [6.07, 6.45) is 22.5. The van der Waals surface area contributed by atoms with Gasteiger partial charge in [0.2, 0.25) is 0 Å². The average Bonchev–Trinajstić information content (AvgIpc) is 3.86. The van der Waals surface area contributed by atoms with Gasteiger partial charge in [-0.1, -0.05) is 176 Å². The first kappa shape index (κ1) is 35.7. The largest absolute Gasteiger partial charge is 0.460 e. The summed E-state index contributed by atoms with van der Waals surface area (Å²) in [6, 6.07) is 53.1. The first-order valence-electron chi connectivity index (χ1n) is 20.2. The van der Waals surface area contributed by atoms with Crippen molar-refractivity contribution in [2.75, 3.05) is 0 Å². The van der Waals surface area contributed by atoms with Crippen LogP contribution in [0.25, 0.3) is 74.8 Å². The van der Waals surface area contributed by atoms with Gasteiger partial charge < -0.3 is 4.74 Å². The Labute approximate surface area is 343 Å². The second-order valence-electron chi connectivity index (χ2n) is 15.1. The molecule has 2 aliphatic rings. The van der Waals surface area contributed by atoms with Crippen molar-refractivity contribution in [3.8, 4) is 16.9 Å². The molecule has 278 valence electrons. The molecule has 1 aliphatic carbocycles. The number of hydrogen-bond donors (Lipinski definition) is 0. The van der Waals surface area contributed by atoms with Crippen molar-refractivity contribution in [1.29, 1.82) is 0 Å². The van der Waals surface area contributed by atoms with Gasteiger partial charge in [-0.3, -0.25) is 0 Å². The fraction of sp³-hybridized carbons (Fsp3) is 0.0714. The predicted octanol–water partition coefficient (Wildman–Crippen LogP) is 16.1. The molecule has 0 saturated carbocycles. The second kappa shape index (κ2) is 15.7. The fourth-order valence-corrected chi connectivity index (χ4v) is 9.70. The Bertz CT molecular complexity index is 3120. The van der Waals surface area contributed by atoms with E-state index in [-0.39, 0.29) is 0 Å². The highest BCUT2D eigenvalue weighted by atomic mass is 32.1. The molecule has 0 unspecified atom stereocenters. The Kier molecular flexibility index (Phi) is 9.63. The van der Waals surface area contributed by atoms with Gasteiger partial charge in [-0.25, -0.2) is 0 Å². The fourth-order valence-electron chi connectivity index (χ4n) is 8.56. The molecule has 1 aliphatic heterocycles. The van der Waals surface area contributed by atoms with Gasteiger partial charge >= 0.3 is 0 Å². The van der Waals surface area contributed by atoms with Gasteiger partial charge in [0.05, 0.1) is 0 Å². The summed E-state index contributed by atoms with van der Waals surface area (Å²) in [6.45, 7) is 2.19. The van der Waals surface area contributed by atoms with E-state index in [1.54, 1.807) is 0 Å². The van der Waals surface area contributed by atoms with Crippen LogP contribution >= 0.6 is 11.3 Å². The SMILES string of the molecule is C/C(=C\C=C1/Cc2ccc3cc4sc5ccccc5c4cc3c2O1)c1ccccccc(-c2c3ccccc3c(/C3=C/C=C\C/C=C\C=C/C3)c3ccccc23)cc1. The molecule has 0 fully saturated rings. The molecule has 7 aromatic carbocycles. The maximum Gasteiger partial charge on any atom is 0.138 e. The lowest BCUT2D eigenvalue weighted by Gasteiger charge is -2.18. The zero-order valence-corrected chi connectivity index (χ0v) is 33.3. The van der Waals surface area contributed by atoms with Crippen LogP contribution in [0, 0.1) is 0 Å². The summed E-state index contributed by atoms with van der Waals surface area (Å²) >= 11 is 1.86. The standard InChI is InChI=1S/C56H42OS/c1-38(29-34-44-35-43-33-32-42-36-53-51(37-50(42)56(43)57-44)45-23-17-18-28-52(45)58-53)39-19-9-7-8-12-22-41(31-30-39)55-48-26-15-13-24-46(48)54(47-25-14-16-27-49(47)55)40-20-10-5-3-2-4-6-11-21-40/h2-3,5-19,21-34,36-37H,4,20,35H2,1H3/b3-2-,8-7?,9-7?,10-5-,11-6-,12-8?,19-9?,22-12?,31-30?,38-29+,39-19?,39-30?,40-21+,41-22?,41-31?,44-34+. The minimum absolute atomic E-state index is 0.778. The summed E-state index contributed by atoms with van der Waals surface area (Å²) < 4.78 is 9.28. The Morgan fingerprint density at radius 1 is 0.569 bits per heavy atom. The number of ether oxygens (including phenoxy) is 1. The van der Waals surface area contributed by atoms with E-state index in [2.05, 4.69) is 207 Å². The summed E-state index contributed by atoms with van der Waals surface area (Å²) in [4.78, 5) is 0. The molecule has 1 nitrogen and oxygen atoms in total. The number of allylic oxidation sites excluding steroid dienone is 12. The van der Waals surface area contributed by atoms with Crippen LogP contribution in [0.2, 0.25) is 0 Å². The van der Waals surface area contributed by atoms with Crippen molar-refractivity contribution in [2.45, 2.75) is 26.2 Å². The Hall–Kier alpha value is -6.74. The van der Waals surface area contributed by atoms with Crippen molar-refractivity contribution in [1.82, 2.24) is 0 Å². The highest BCUT2D eigenvalue weighted by Gasteiger charge is 2.21. The molecule has 58 heavy (non-hydrogen) atoms. The third-order valence-electron chi connectivity index (χ3n) is 11.4. The van der Waals surface area contributed by atoms with E-state index in [4.69, 9.17) is 4.74 Å². The minimum Gasteiger partial charge on any atom is -0.460 e. The van der Waals surface area contributed by atoms with E-state index in [0.717, 1.165) is 41.9 Å². The quantitative estimate of drug-likeness (QED) is 0.162. The van der Waals surface area contributed by atoms with Crippen LogP contribution in [0.15, 0.2) is 206 Å². The first-order valence-corrected chi connectivity index (χ1v) is 21.0. The van der Waals surface area contributed by atoms with Gasteiger partial charge in [-0.2, -0.15) is 0 Å². The lowest BCUT2D eigenvalue weighted by atomic mass is 9.85. The topological polar surface area (TPSA) is 9.23 Å². The third-order valence-corrected chi connectivity index (χ3v) is 12.6. The summed E-state index contributed by atoms with van der Waals surface area (Å²) in [5, 5.41) is 10.0. The van der Waals surface area contributed by atoms with E-state index < -0.39 is 0 Å². The van der Waals surface area contributed by atoms with Crippen molar-refractivity contribution >= 4 is 75.0 Å². The number of hydrogen-bond acceptors (Lipinski definition) is 2. The predicted molar refractivity (Wildman–Crippen MR) is 252 cm³/mol. The van der Waals surface area contributed by atoms with Crippen LogP contribution in [-0.2, 0) is 6.42 Å². The van der Waals surface area contributed by atoms with Crippen molar-refractivity contribution in [2.24, 2.45) is 0 Å². The first-order chi connectivity index (χ1) is 28.7. The number of fused-ring (bicyclic) bond motifs is 8. The number of benzene rings is 6. The molecule has 0 bridgehead atoms. The molecule has 0 radical (unpaired) electrons. The molecule has 0 saturated heterocycles. The Balaban J connectivity index is 1.04. The third kappa shape index (κ3) is 6.76. The van der Waals surface area contributed by atoms with Gasteiger partial charge in [0.15, 0.2) is 0 Å². The van der Waals surface area contributed by atoms with E-state index in [1.807, 2.05) is 11.3 Å². The number of rotatable bonds is 4. The van der Waals surface area contributed by atoms with E-state index in [1.165, 1.54) is 80.3 Å². The summed E-state index contributed by atoms with van der Waals surface area (Å²) in [5.74, 6) is 1.95. The van der Waals surface area contributed by atoms with Gasteiger partial charge in [0.25, 0.3) is 0 Å². The van der Waals surface area contributed by atoms with Gasteiger partial charge in [-0.15, -0.1) is 11.3 Å². The molecule has 2 heteroatoms. The Morgan fingerprint density at radius 2 is 1.26 bits per heavy atom. The normalized spacial score (nSPS) is 17.5. The van der Waals surface area contributed by atoms with E-state index in [0.29, 0.717) is 0 Å². The average molecular weight is 763 g/mol. The molecule has 0 atom stereocenters. The van der Waals surface area contributed by atoms with Crippen molar-refractivity contribution in [3.63, 3.8) is 0 Å². The van der Waals surface area contributed by atoms with Crippen LogP contribution in [0.1, 0.15) is 36.5 Å². The van der Waals surface area contributed by atoms with Gasteiger partial charge in [0.1, 0.15) is 11.5 Å². The monoisotopic (exact) mass is 762 g/mol. The highest BCUT2D eigenvalue weighted by Crippen LogP contribution is 2.44. The lowest BCUT2D eigenvalue weighted by Crippen LogP contribution is -1.93. The molecule has 10 rings (SSSR count). The van der Waals surface area contributed by atoms with Crippen LogP contribution in [0.3, 0.4) is 0 Å². The summed E-state index contributed by atoms with van der Waals surface area (Å²) in [7, 11) is 0. The van der Waals surface area contributed by atoms with E-state index >= 15 is 0 Å². The van der Waals surface area contributed by atoms with Crippen LogP contribution < -0.4 is 4.74 Å². The molecular formula is C56H42OS.